The van der Waals surface area contributed by atoms with Gasteiger partial charge in [-0.25, -0.2) is 0 Å². The highest BCUT2D eigenvalue weighted by atomic mass is 16.2. The zero-order chi connectivity index (χ0) is 16.5. The molecule has 0 saturated heterocycles. The Bertz CT molecular complexity index is 639. The van der Waals surface area contributed by atoms with Gasteiger partial charge in [0.05, 0.1) is 6.54 Å². The summed E-state index contributed by atoms with van der Waals surface area (Å²) in [7, 11) is 0. The maximum Gasteiger partial charge on any atom is 0.251 e. The zero-order valence-corrected chi connectivity index (χ0v) is 13.1. The third-order valence-corrected chi connectivity index (χ3v) is 3.27. The number of carbonyl (C=O) groups excluding carboxylic acids is 2. The molecule has 23 heavy (non-hydrogen) atoms. The molecule has 0 atom stereocenters. The largest absolute Gasteiger partial charge is 0.376 e. The highest BCUT2D eigenvalue weighted by Crippen LogP contribution is 2.09. The Kier molecular flexibility index (Phi) is 6.17. The lowest BCUT2D eigenvalue weighted by molar-refractivity contribution is -0.119. The highest BCUT2D eigenvalue weighted by molar-refractivity contribution is 5.94. The summed E-state index contributed by atoms with van der Waals surface area (Å²) in [5, 5.41) is 8.60. The van der Waals surface area contributed by atoms with E-state index in [2.05, 4.69) is 16.0 Å². The first-order valence-corrected chi connectivity index (χ1v) is 7.62. The number of hydrogen-bond donors (Lipinski definition) is 3. The van der Waals surface area contributed by atoms with Crippen molar-refractivity contribution in [1.29, 1.82) is 0 Å². The van der Waals surface area contributed by atoms with Gasteiger partial charge in [-0.1, -0.05) is 30.3 Å². The number of carbonyl (C=O) groups is 2. The summed E-state index contributed by atoms with van der Waals surface area (Å²) in [6.45, 7) is 3.20. The molecular weight excluding hydrogens is 290 g/mol. The number of nitrogens with one attached hydrogen (secondary N) is 3. The normalized spacial score (nSPS) is 9.96. The molecule has 5 heteroatoms. The molecule has 2 amide bonds. The molecule has 3 N–H and O–H groups in total. The molecule has 0 aliphatic carbocycles. The van der Waals surface area contributed by atoms with E-state index in [0.717, 1.165) is 11.3 Å². The molecule has 2 rings (SSSR count). The van der Waals surface area contributed by atoms with Crippen LogP contribution in [0.5, 0.6) is 0 Å². The van der Waals surface area contributed by atoms with Gasteiger partial charge in [0.1, 0.15) is 0 Å². The van der Waals surface area contributed by atoms with Crippen LogP contribution in [0.3, 0.4) is 0 Å². The smallest absolute Gasteiger partial charge is 0.251 e. The van der Waals surface area contributed by atoms with Crippen LogP contribution in [-0.2, 0) is 11.3 Å². The molecule has 120 valence electrons. The van der Waals surface area contributed by atoms with Crippen LogP contribution in [0.15, 0.2) is 54.6 Å². The molecule has 0 unspecified atom stereocenters. The maximum atomic E-state index is 12.1. The van der Waals surface area contributed by atoms with Crippen molar-refractivity contribution in [3.63, 3.8) is 0 Å². The fourth-order valence-corrected chi connectivity index (χ4v) is 2.06. The van der Waals surface area contributed by atoms with E-state index in [1.165, 1.54) is 0 Å². The highest BCUT2D eigenvalue weighted by Gasteiger charge is 2.05. The first-order valence-electron chi connectivity index (χ1n) is 7.62. The summed E-state index contributed by atoms with van der Waals surface area (Å²) in [6, 6.07) is 16.8. The van der Waals surface area contributed by atoms with Crippen LogP contribution in [0.1, 0.15) is 22.8 Å². The van der Waals surface area contributed by atoms with Gasteiger partial charge in [-0.05, 0) is 36.8 Å². The zero-order valence-electron chi connectivity index (χ0n) is 13.1. The van der Waals surface area contributed by atoms with E-state index in [4.69, 9.17) is 0 Å². The van der Waals surface area contributed by atoms with E-state index in [-0.39, 0.29) is 18.4 Å². The third-order valence-electron chi connectivity index (χ3n) is 3.27. The Morgan fingerprint density at radius 2 is 1.61 bits per heavy atom. The second-order valence-electron chi connectivity index (χ2n) is 5.05. The van der Waals surface area contributed by atoms with Gasteiger partial charge in [-0.3, -0.25) is 9.59 Å². The number of likely N-dealkylation sites (N-methyl/N-ethyl adjacent to an activating group) is 1. The monoisotopic (exact) mass is 311 g/mol. The topological polar surface area (TPSA) is 70.2 Å². The Morgan fingerprint density at radius 1 is 0.913 bits per heavy atom. The fraction of sp³-hybridized carbons (Fsp3) is 0.222. The molecule has 0 aromatic heterocycles. The van der Waals surface area contributed by atoms with Crippen molar-refractivity contribution in [2.45, 2.75) is 13.5 Å². The van der Waals surface area contributed by atoms with Gasteiger partial charge >= 0.3 is 0 Å². The minimum atomic E-state index is -0.121. The quantitative estimate of drug-likeness (QED) is 0.734. The lowest BCUT2D eigenvalue weighted by Crippen LogP contribution is -2.29. The van der Waals surface area contributed by atoms with E-state index >= 15 is 0 Å². The summed E-state index contributed by atoms with van der Waals surface area (Å²) < 4.78 is 0. The molecule has 0 bridgehead atoms. The van der Waals surface area contributed by atoms with Crippen LogP contribution in [0.2, 0.25) is 0 Å². The van der Waals surface area contributed by atoms with E-state index in [0.29, 0.717) is 18.7 Å². The molecule has 0 aliphatic rings. The van der Waals surface area contributed by atoms with Crippen LogP contribution in [0.25, 0.3) is 0 Å². The van der Waals surface area contributed by atoms with Crippen molar-refractivity contribution >= 4 is 17.5 Å². The molecule has 0 fully saturated rings. The van der Waals surface area contributed by atoms with Crippen molar-refractivity contribution in [2.24, 2.45) is 0 Å². The average molecular weight is 311 g/mol. The van der Waals surface area contributed by atoms with Gasteiger partial charge in [0.2, 0.25) is 5.91 Å². The Hall–Kier alpha value is -2.82. The van der Waals surface area contributed by atoms with E-state index in [9.17, 15) is 9.59 Å². The van der Waals surface area contributed by atoms with Gasteiger partial charge < -0.3 is 16.0 Å². The second kappa shape index (κ2) is 8.58. The Morgan fingerprint density at radius 3 is 2.26 bits per heavy atom. The summed E-state index contributed by atoms with van der Waals surface area (Å²) in [5.74, 6) is -0.179. The van der Waals surface area contributed by atoms with Crippen molar-refractivity contribution < 1.29 is 9.59 Å². The van der Waals surface area contributed by atoms with Crippen LogP contribution in [-0.4, -0.2) is 24.9 Å². The first kappa shape index (κ1) is 16.5. The van der Waals surface area contributed by atoms with Crippen molar-refractivity contribution in [3.05, 3.63) is 65.7 Å². The van der Waals surface area contributed by atoms with E-state index in [1.54, 1.807) is 24.3 Å². The van der Waals surface area contributed by atoms with Crippen LogP contribution < -0.4 is 16.0 Å². The molecule has 5 nitrogen and oxygen atoms in total. The van der Waals surface area contributed by atoms with Crippen LogP contribution in [0, 0.1) is 0 Å². The molecule has 0 spiro atoms. The molecule has 0 saturated carbocycles. The maximum absolute atomic E-state index is 12.1. The molecule has 2 aromatic rings. The summed E-state index contributed by atoms with van der Waals surface area (Å²) in [4.78, 5) is 23.5. The standard InChI is InChI=1S/C18H21N3O2/c1-2-19-17(22)13-20-16-10-8-15(9-11-16)18(23)21-12-14-6-4-3-5-7-14/h3-11,20H,2,12-13H2,1H3,(H,19,22)(H,21,23). The molecule has 0 heterocycles. The summed E-state index contributed by atoms with van der Waals surface area (Å²) in [5.41, 5.74) is 2.45. The van der Waals surface area contributed by atoms with Crippen molar-refractivity contribution in [2.75, 3.05) is 18.4 Å². The number of hydrogen-bond acceptors (Lipinski definition) is 3. The van der Waals surface area contributed by atoms with E-state index in [1.807, 2.05) is 37.3 Å². The van der Waals surface area contributed by atoms with Gasteiger partial charge in [0, 0.05) is 24.3 Å². The molecule has 2 aromatic carbocycles. The molecule has 0 aliphatic heterocycles. The lowest BCUT2D eigenvalue weighted by Gasteiger charge is -2.08. The minimum Gasteiger partial charge on any atom is -0.376 e. The molecule has 0 radical (unpaired) electrons. The van der Waals surface area contributed by atoms with Gasteiger partial charge in [0.25, 0.3) is 5.91 Å². The third kappa shape index (κ3) is 5.47. The SMILES string of the molecule is CCNC(=O)CNc1ccc(C(=O)NCc2ccccc2)cc1. The number of benzene rings is 2. The first-order chi connectivity index (χ1) is 11.2. The van der Waals surface area contributed by atoms with Crippen LogP contribution in [0.4, 0.5) is 5.69 Å². The Labute approximate surface area is 136 Å². The minimum absolute atomic E-state index is 0.0582. The lowest BCUT2D eigenvalue weighted by atomic mass is 10.1. The predicted octanol–water partition coefficient (Wildman–Crippen LogP) is 2.16. The number of anilines is 1. The van der Waals surface area contributed by atoms with Crippen molar-refractivity contribution in [1.82, 2.24) is 10.6 Å². The van der Waals surface area contributed by atoms with Crippen molar-refractivity contribution in [3.8, 4) is 0 Å². The fourth-order valence-electron chi connectivity index (χ4n) is 2.06. The van der Waals surface area contributed by atoms with E-state index < -0.39 is 0 Å². The van der Waals surface area contributed by atoms with Crippen LogP contribution >= 0.6 is 0 Å². The Balaban J connectivity index is 1.83. The summed E-state index contributed by atoms with van der Waals surface area (Å²) in [6.07, 6.45) is 0. The average Bonchev–Trinajstić information content (AvgIpc) is 2.59. The second-order valence-corrected chi connectivity index (χ2v) is 5.05. The van der Waals surface area contributed by atoms with Gasteiger partial charge in [-0.15, -0.1) is 0 Å². The molecular formula is C18H21N3O2. The number of rotatable bonds is 7. The predicted molar refractivity (Wildman–Crippen MR) is 91.2 cm³/mol. The van der Waals surface area contributed by atoms with Gasteiger partial charge in [0.15, 0.2) is 0 Å². The van der Waals surface area contributed by atoms with Gasteiger partial charge in [-0.2, -0.15) is 0 Å². The number of amides is 2. The summed E-state index contributed by atoms with van der Waals surface area (Å²) >= 11 is 0.